The first-order valence-electron chi connectivity index (χ1n) is 11.2. The summed E-state index contributed by atoms with van der Waals surface area (Å²) < 4.78 is 33.0. The van der Waals surface area contributed by atoms with Gasteiger partial charge in [0.15, 0.2) is 0 Å². The van der Waals surface area contributed by atoms with Crippen molar-refractivity contribution in [3.63, 3.8) is 0 Å². The topological polar surface area (TPSA) is 105 Å². The van der Waals surface area contributed by atoms with Gasteiger partial charge in [0.25, 0.3) is 5.69 Å². The van der Waals surface area contributed by atoms with Crippen LogP contribution in [0, 0.1) is 10.1 Å². The van der Waals surface area contributed by atoms with Crippen LogP contribution < -0.4 is 15.0 Å². The number of nitrogens with one attached hydrogen (secondary N) is 1. The first kappa shape index (κ1) is 26.0. The van der Waals surface area contributed by atoms with Crippen LogP contribution >= 0.6 is 23.2 Å². The van der Waals surface area contributed by atoms with Crippen LogP contribution in [-0.4, -0.2) is 57.0 Å². The molecule has 0 aliphatic carbocycles. The zero-order valence-corrected chi connectivity index (χ0v) is 21.5. The summed E-state index contributed by atoms with van der Waals surface area (Å²) >= 11 is 11.7. The van der Waals surface area contributed by atoms with Gasteiger partial charge in [0.05, 0.1) is 9.82 Å². The molecule has 36 heavy (non-hydrogen) atoms. The molecule has 12 heteroatoms. The van der Waals surface area contributed by atoms with E-state index in [0.717, 1.165) is 5.69 Å². The third kappa shape index (κ3) is 6.19. The highest BCUT2D eigenvalue weighted by Gasteiger charge is 2.29. The Labute approximate surface area is 219 Å². The minimum absolute atomic E-state index is 0.0470. The fourth-order valence-electron chi connectivity index (χ4n) is 3.85. The molecule has 1 aliphatic rings. The summed E-state index contributed by atoms with van der Waals surface area (Å²) in [5.41, 5.74) is 1.09. The van der Waals surface area contributed by atoms with Crippen LogP contribution in [0.25, 0.3) is 0 Å². The first-order chi connectivity index (χ1) is 17.2. The Morgan fingerprint density at radius 1 is 0.917 bits per heavy atom. The van der Waals surface area contributed by atoms with Gasteiger partial charge < -0.3 is 15.0 Å². The number of nitrogens with zero attached hydrogens (tertiary/aromatic N) is 3. The summed E-state index contributed by atoms with van der Waals surface area (Å²) in [5.74, 6) is 0.649. The normalized spacial score (nSPS) is 14.4. The number of hydrogen-bond donors (Lipinski definition) is 1. The molecular formula is C24H24Cl2N4O5S. The molecule has 3 aromatic rings. The molecule has 0 spiro atoms. The molecule has 3 aromatic carbocycles. The number of ether oxygens (including phenoxy) is 1. The van der Waals surface area contributed by atoms with E-state index in [2.05, 4.69) is 5.32 Å². The standard InChI is InChI=1S/C24H24Cl2N4O5S/c25-18-1-6-21(7-2-18)35-16-11-27-23-17-20(5-10-24(23)30(31)32)28-12-14-29(15-13-28)36(33,34)22-8-3-19(26)4-9-22/h1-10,17,27H,11-16H2. The van der Waals surface area contributed by atoms with E-state index in [-0.39, 0.29) is 10.6 Å². The van der Waals surface area contributed by atoms with Crippen LogP contribution in [0.1, 0.15) is 0 Å². The fourth-order valence-corrected chi connectivity index (χ4v) is 5.52. The lowest BCUT2D eigenvalue weighted by molar-refractivity contribution is -0.383. The molecule has 1 fully saturated rings. The van der Waals surface area contributed by atoms with Crippen molar-refractivity contribution < 1.29 is 18.1 Å². The number of piperazine rings is 1. The number of rotatable bonds is 9. The Balaban J connectivity index is 1.39. The molecule has 0 amide bonds. The van der Waals surface area contributed by atoms with E-state index in [1.54, 1.807) is 48.5 Å². The zero-order valence-electron chi connectivity index (χ0n) is 19.1. The van der Waals surface area contributed by atoms with Gasteiger partial charge in [-0.05, 0) is 60.7 Å². The van der Waals surface area contributed by atoms with E-state index in [1.165, 1.54) is 22.5 Å². The number of sulfonamides is 1. The van der Waals surface area contributed by atoms with Crippen molar-refractivity contribution in [2.24, 2.45) is 0 Å². The first-order valence-corrected chi connectivity index (χ1v) is 13.3. The van der Waals surface area contributed by atoms with Crippen LogP contribution in [0.2, 0.25) is 10.0 Å². The van der Waals surface area contributed by atoms with Gasteiger partial charge in [-0.1, -0.05) is 23.2 Å². The fraction of sp³-hybridized carbons (Fsp3) is 0.250. The van der Waals surface area contributed by atoms with Gasteiger partial charge in [-0.15, -0.1) is 0 Å². The third-order valence-corrected chi connectivity index (χ3v) is 8.15. The van der Waals surface area contributed by atoms with E-state index >= 15 is 0 Å². The predicted molar refractivity (Wildman–Crippen MR) is 141 cm³/mol. The maximum atomic E-state index is 12.9. The van der Waals surface area contributed by atoms with Crippen molar-refractivity contribution in [3.05, 3.63) is 86.9 Å². The van der Waals surface area contributed by atoms with E-state index in [0.29, 0.717) is 60.8 Å². The van der Waals surface area contributed by atoms with Crippen molar-refractivity contribution in [2.45, 2.75) is 4.90 Å². The van der Waals surface area contributed by atoms with Crippen molar-refractivity contribution >= 4 is 50.3 Å². The molecule has 0 radical (unpaired) electrons. The summed E-state index contributed by atoms with van der Waals surface area (Å²) in [6.07, 6.45) is 0. The molecule has 1 N–H and O–H groups in total. The van der Waals surface area contributed by atoms with Crippen LogP contribution in [0.5, 0.6) is 5.75 Å². The van der Waals surface area contributed by atoms with Gasteiger partial charge in [-0.2, -0.15) is 4.31 Å². The van der Waals surface area contributed by atoms with Crippen molar-refractivity contribution in [1.82, 2.24) is 4.31 Å². The summed E-state index contributed by atoms with van der Waals surface area (Å²) in [7, 11) is -3.63. The summed E-state index contributed by atoms with van der Waals surface area (Å²) in [6, 6.07) is 17.9. The molecule has 0 bridgehead atoms. The average Bonchev–Trinajstić information content (AvgIpc) is 2.88. The number of halogens is 2. The largest absolute Gasteiger partial charge is 0.492 e. The van der Waals surface area contributed by atoms with E-state index < -0.39 is 14.9 Å². The number of benzene rings is 3. The molecule has 1 aliphatic heterocycles. The van der Waals surface area contributed by atoms with E-state index in [4.69, 9.17) is 27.9 Å². The van der Waals surface area contributed by atoms with Crippen LogP contribution in [0.15, 0.2) is 71.6 Å². The number of hydrogen-bond acceptors (Lipinski definition) is 7. The van der Waals surface area contributed by atoms with Crippen LogP contribution in [-0.2, 0) is 10.0 Å². The smallest absolute Gasteiger partial charge is 0.292 e. The van der Waals surface area contributed by atoms with Crippen molar-refractivity contribution in [3.8, 4) is 5.75 Å². The number of nitro benzene ring substituents is 1. The summed E-state index contributed by atoms with van der Waals surface area (Å²) in [4.78, 5) is 13.3. The molecule has 9 nitrogen and oxygen atoms in total. The highest BCUT2D eigenvalue weighted by Crippen LogP contribution is 2.31. The maximum Gasteiger partial charge on any atom is 0.292 e. The van der Waals surface area contributed by atoms with E-state index in [1.807, 2.05) is 4.90 Å². The second-order valence-corrected chi connectivity index (χ2v) is 10.8. The second kappa shape index (κ2) is 11.3. The van der Waals surface area contributed by atoms with Gasteiger partial charge in [0.2, 0.25) is 10.0 Å². The lowest BCUT2D eigenvalue weighted by atomic mass is 10.2. The molecule has 1 heterocycles. The zero-order chi connectivity index (χ0) is 25.7. The van der Waals surface area contributed by atoms with Crippen molar-refractivity contribution in [1.29, 1.82) is 0 Å². The lowest BCUT2D eigenvalue weighted by Crippen LogP contribution is -2.48. The third-order valence-electron chi connectivity index (χ3n) is 5.73. The molecular weight excluding hydrogens is 527 g/mol. The monoisotopic (exact) mass is 550 g/mol. The van der Waals surface area contributed by atoms with Crippen LogP contribution in [0.4, 0.5) is 17.1 Å². The quantitative estimate of drug-likeness (QED) is 0.229. The Bertz CT molecular complexity index is 1310. The number of nitro groups is 1. The second-order valence-electron chi connectivity index (χ2n) is 8.03. The van der Waals surface area contributed by atoms with Gasteiger partial charge in [-0.3, -0.25) is 10.1 Å². The SMILES string of the molecule is O=[N+]([O-])c1ccc(N2CCN(S(=O)(=O)c3ccc(Cl)cc3)CC2)cc1NCCOc1ccc(Cl)cc1. The molecule has 0 atom stereocenters. The minimum Gasteiger partial charge on any atom is -0.492 e. The molecule has 4 rings (SSSR count). The van der Waals surface area contributed by atoms with E-state index in [9.17, 15) is 18.5 Å². The maximum absolute atomic E-state index is 12.9. The lowest BCUT2D eigenvalue weighted by Gasteiger charge is -2.35. The van der Waals surface area contributed by atoms with Gasteiger partial charge >= 0.3 is 0 Å². The van der Waals surface area contributed by atoms with Crippen molar-refractivity contribution in [2.75, 3.05) is 49.5 Å². The van der Waals surface area contributed by atoms with Gasteiger partial charge in [0.1, 0.15) is 18.0 Å². The van der Waals surface area contributed by atoms with Crippen LogP contribution in [0.3, 0.4) is 0 Å². The highest BCUT2D eigenvalue weighted by molar-refractivity contribution is 7.89. The Kier molecular flexibility index (Phi) is 8.20. The van der Waals surface area contributed by atoms with Gasteiger partial charge in [-0.25, -0.2) is 8.42 Å². The Hall–Kier alpha value is -3.05. The minimum atomic E-state index is -3.63. The summed E-state index contributed by atoms with van der Waals surface area (Å²) in [6.45, 7) is 2.12. The molecule has 1 saturated heterocycles. The molecule has 190 valence electrons. The summed E-state index contributed by atoms with van der Waals surface area (Å²) in [5, 5.41) is 15.7. The predicted octanol–water partition coefficient (Wildman–Crippen LogP) is 4.90. The average molecular weight is 551 g/mol. The number of anilines is 2. The molecule has 0 aromatic heterocycles. The Morgan fingerprint density at radius 2 is 1.53 bits per heavy atom. The Morgan fingerprint density at radius 3 is 2.14 bits per heavy atom. The molecule has 0 unspecified atom stereocenters. The highest BCUT2D eigenvalue weighted by atomic mass is 35.5. The van der Waals surface area contributed by atoms with Gasteiger partial charge in [0, 0.05) is 54.5 Å². The molecule has 0 saturated carbocycles.